The third-order valence-corrected chi connectivity index (χ3v) is 3.50. The molecule has 3 nitrogen and oxygen atoms in total. The highest BCUT2D eigenvalue weighted by atomic mass is 127. The summed E-state index contributed by atoms with van der Waals surface area (Å²) in [5.41, 5.74) is 8.63. The van der Waals surface area contributed by atoms with E-state index in [2.05, 4.69) is 46.6 Å². The highest BCUT2D eigenvalue weighted by Crippen LogP contribution is 2.33. The zero-order valence-electron chi connectivity index (χ0n) is 9.59. The van der Waals surface area contributed by atoms with Gasteiger partial charge in [0, 0.05) is 14.7 Å². The molecule has 0 aliphatic carbocycles. The Morgan fingerprint density at radius 3 is 2.71 bits per heavy atom. The first-order valence-electron chi connectivity index (χ1n) is 5.30. The average Bonchev–Trinajstić information content (AvgIpc) is 2.60. The normalized spacial score (nSPS) is 11.1. The van der Waals surface area contributed by atoms with Crippen molar-refractivity contribution >= 4 is 28.4 Å². The number of hydrogen-bond acceptors (Lipinski definition) is 2. The lowest BCUT2D eigenvalue weighted by Gasteiger charge is -2.09. The largest absolute Gasteiger partial charge is 0.382 e. The van der Waals surface area contributed by atoms with E-state index in [9.17, 15) is 4.39 Å². The Morgan fingerprint density at radius 1 is 1.41 bits per heavy atom. The molecule has 90 valence electrons. The first-order valence-corrected chi connectivity index (χ1v) is 6.37. The third kappa shape index (κ3) is 2.29. The second-order valence-electron chi connectivity index (χ2n) is 4.18. The molecule has 0 spiro atoms. The maximum atomic E-state index is 13.1. The minimum Gasteiger partial charge on any atom is -0.382 e. The van der Waals surface area contributed by atoms with Crippen LogP contribution in [0, 0.1) is 9.39 Å². The Bertz CT molecular complexity index is 549. The first-order chi connectivity index (χ1) is 8.00. The molecule has 5 heteroatoms. The zero-order chi connectivity index (χ0) is 12.6. The summed E-state index contributed by atoms with van der Waals surface area (Å²) in [4.78, 5) is 0. The van der Waals surface area contributed by atoms with Crippen molar-refractivity contribution in [1.82, 2.24) is 10.2 Å². The van der Waals surface area contributed by atoms with Crippen molar-refractivity contribution in [3.05, 3.63) is 33.1 Å². The molecule has 0 radical (unpaired) electrons. The number of aromatic nitrogens is 2. The third-order valence-electron chi connectivity index (χ3n) is 2.61. The molecule has 2 aromatic rings. The molecule has 2 rings (SSSR count). The van der Waals surface area contributed by atoms with E-state index in [-0.39, 0.29) is 11.7 Å². The van der Waals surface area contributed by atoms with Gasteiger partial charge in [-0.2, -0.15) is 5.10 Å². The van der Waals surface area contributed by atoms with Gasteiger partial charge in [-0.1, -0.05) is 13.8 Å². The number of nitrogens with two attached hydrogens (primary N) is 1. The highest BCUT2D eigenvalue weighted by Gasteiger charge is 2.17. The van der Waals surface area contributed by atoms with Crippen molar-refractivity contribution < 1.29 is 4.39 Å². The number of aromatic amines is 1. The van der Waals surface area contributed by atoms with Crippen LogP contribution in [0.5, 0.6) is 0 Å². The SMILES string of the molecule is CC(C)c1c(N)n[nH]c1-c1ccc(F)cc1I. The van der Waals surface area contributed by atoms with Gasteiger partial charge in [-0.3, -0.25) is 5.10 Å². The van der Waals surface area contributed by atoms with Crippen LogP contribution in [-0.2, 0) is 0 Å². The molecular formula is C12H13FIN3. The van der Waals surface area contributed by atoms with Crippen molar-refractivity contribution in [3.63, 3.8) is 0 Å². The predicted octanol–water partition coefficient (Wildman–Crippen LogP) is 3.53. The van der Waals surface area contributed by atoms with Gasteiger partial charge in [-0.25, -0.2) is 4.39 Å². The number of H-pyrrole nitrogens is 1. The lowest BCUT2D eigenvalue weighted by molar-refractivity contribution is 0.627. The van der Waals surface area contributed by atoms with Gasteiger partial charge >= 0.3 is 0 Å². The van der Waals surface area contributed by atoms with Crippen molar-refractivity contribution in [1.29, 1.82) is 0 Å². The minimum atomic E-state index is -0.239. The van der Waals surface area contributed by atoms with Crippen molar-refractivity contribution in [3.8, 4) is 11.3 Å². The van der Waals surface area contributed by atoms with Crippen LogP contribution >= 0.6 is 22.6 Å². The van der Waals surface area contributed by atoms with Crippen LogP contribution in [0.4, 0.5) is 10.2 Å². The predicted molar refractivity (Wildman–Crippen MR) is 75.2 cm³/mol. The van der Waals surface area contributed by atoms with Gasteiger partial charge in [0.2, 0.25) is 0 Å². The molecule has 0 aliphatic rings. The molecule has 0 atom stereocenters. The fourth-order valence-electron chi connectivity index (χ4n) is 1.85. The second-order valence-corrected chi connectivity index (χ2v) is 5.34. The number of hydrogen-bond donors (Lipinski definition) is 2. The van der Waals surface area contributed by atoms with Gasteiger partial charge in [0.25, 0.3) is 0 Å². The number of halogens is 2. The number of anilines is 1. The molecule has 1 aromatic carbocycles. The smallest absolute Gasteiger partial charge is 0.149 e. The van der Waals surface area contributed by atoms with Gasteiger partial charge in [-0.05, 0) is 46.7 Å². The number of nitrogens with one attached hydrogen (secondary N) is 1. The Hall–Kier alpha value is -1.11. The summed E-state index contributed by atoms with van der Waals surface area (Å²) in [6.07, 6.45) is 0. The summed E-state index contributed by atoms with van der Waals surface area (Å²) in [5.74, 6) is 0.538. The monoisotopic (exact) mass is 345 g/mol. The average molecular weight is 345 g/mol. The van der Waals surface area contributed by atoms with Crippen LogP contribution in [0.15, 0.2) is 18.2 Å². The molecule has 0 aliphatic heterocycles. The van der Waals surface area contributed by atoms with Crippen LogP contribution < -0.4 is 5.73 Å². The summed E-state index contributed by atoms with van der Waals surface area (Å²) in [7, 11) is 0. The topological polar surface area (TPSA) is 54.7 Å². The van der Waals surface area contributed by atoms with E-state index in [0.29, 0.717) is 5.82 Å². The van der Waals surface area contributed by atoms with E-state index in [0.717, 1.165) is 20.4 Å². The standard InChI is InChI=1S/C12H13FIN3/c1-6(2)10-11(16-17-12(10)15)8-4-3-7(13)5-9(8)14/h3-6H,1-2H3,(H3,15,16,17). The number of nitrogens with zero attached hydrogens (tertiary/aromatic N) is 1. The maximum absolute atomic E-state index is 13.1. The van der Waals surface area contributed by atoms with Gasteiger partial charge in [0.05, 0.1) is 5.69 Å². The molecule has 0 amide bonds. The number of benzene rings is 1. The molecule has 0 saturated carbocycles. The Kier molecular flexibility index (Phi) is 3.37. The van der Waals surface area contributed by atoms with E-state index in [1.165, 1.54) is 12.1 Å². The fraction of sp³-hybridized carbons (Fsp3) is 0.250. The maximum Gasteiger partial charge on any atom is 0.149 e. The number of rotatable bonds is 2. The van der Waals surface area contributed by atoms with Crippen LogP contribution in [0.25, 0.3) is 11.3 Å². The summed E-state index contributed by atoms with van der Waals surface area (Å²) in [6, 6.07) is 4.69. The van der Waals surface area contributed by atoms with Crippen molar-refractivity contribution in [2.45, 2.75) is 19.8 Å². The molecule has 3 N–H and O–H groups in total. The van der Waals surface area contributed by atoms with Crippen molar-refractivity contribution in [2.75, 3.05) is 5.73 Å². The quantitative estimate of drug-likeness (QED) is 0.819. The fourth-order valence-corrected chi connectivity index (χ4v) is 2.59. The Labute approximate surface area is 113 Å². The molecule has 0 bridgehead atoms. The van der Waals surface area contributed by atoms with Gasteiger partial charge in [0.1, 0.15) is 11.6 Å². The van der Waals surface area contributed by atoms with Gasteiger partial charge in [0.15, 0.2) is 0 Å². The van der Waals surface area contributed by atoms with E-state index in [1.54, 1.807) is 6.07 Å². The highest BCUT2D eigenvalue weighted by molar-refractivity contribution is 14.1. The van der Waals surface area contributed by atoms with Crippen LogP contribution in [0.3, 0.4) is 0 Å². The van der Waals surface area contributed by atoms with Crippen LogP contribution in [0.2, 0.25) is 0 Å². The van der Waals surface area contributed by atoms with E-state index < -0.39 is 0 Å². The molecule has 1 aromatic heterocycles. The molecule has 0 unspecified atom stereocenters. The first kappa shape index (κ1) is 12.3. The molecule has 0 fully saturated rings. The summed E-state index contributed by atoms with van der Waals surface area (Å²) in [6.45, 7) is 4.11. The second kappa shape index (κ2) is 4.64. The summed E-state index contributed by atoms with van der Waals surface area (Å²) in [5, 5.41) is 6.96. The minimum absolute atomic E-state index is 0.239. The van der Waals surface area contributed by atoms with Crippen LogP contribution in [0.1, 0.15) is 25.3 Å². The Morgan fingerprint density at radius 2 is 2.12 bits per heavy atom. The van der Waals surface area contributed by atoms with Gasteiger partial charge < -0.3 is 5.73 Å². The summed E-state index contributed by atoms with van der Waals surface area (Å²) >= 11 is 2.11. The Balaban J connectivity index is 2.61. The van der Waals surface area contributed by atoms with Crippen LogP contribution in [-0.4, -0.2) is 10.2 Å². The van der Waals surface area contributed by atoms with Gasteiger partial charge in [-0.15, -0.1) is 0 Å². The van der Waals surface area contributed by atoms with E-state index >= 15 is 0 Å². The molecule has 17 heavy (non-hydrogen) atoms. The van der Waals surface area contributed by atoms with E-state index in [4.69, 9.17) is 5.73 Å². The lowest BCUT2D eigenvalue weighted by atomic mass is 9.99. The van der Waals surface area contributed by atoms with Crippen molar-refractivity contribution in [2.24, 2.45) is 0 Å². The molecular weight excluding hydrogens is 332 g/mol. The summed E-state index contributed by atoms with van der Waals surface area (Å²) < 4.78 is 13.9. The van der Waals surface area contributed by atoms with E-state index in [1.807, 2.05) is 0 Å². The number of nitrogen functional groups attached to an aromatic ring is 1. The lowest BCUT2D eigenvalue weighted by Crippen LogP contribution is -1.96. The zero-order valence-corrected chi connectivity index (χ0v) is 11.7. The molecule has 1 heterocycles. The molecule has 0 saturated heterocycles.